The molecule has 0 saturated carbocycles. The second-order valence-electron chi connectivity index (χ2n) is 8.17. The molecule has 1 fully saturated rings. The first kappa shape index (κ1) is 19.9. The fraction of sp³-hybridized carbons (Fsp3) is 0.636. The third-order valence-corrected chi connectivity index (χ3v) is 5.63. The number of para-hydroxylation sites is 2. The summed E-state index contributed by atoms with van der Waals surface area (Å²) in [6.07, 6.45) is 4.29. The number of unbranched alkanes of at least 4 members (excludes halogenated alkanes) is 1. The van der Waals surface area contributed by atoms with E-state index in [1.165, 1.54) is 5.52 Å². The number of nitrogens with zero attached hydrogens (tertiary/aromatic N) is 4. The Hall–Kier alpha value is -1.88. The number of benzene rings is 1. The van der Waals surface area contributed by atoms with E-state index in [1.54, 1.807) is 0 Å². The lowest BCUT2D eigenvalue weighted by Gasteiger charge is -2.34. The Morgan fingerprint density at radius 3 is 2.85 bits per heavy atom. The van der Waals surface area contributed by atoms with Crippen LogP contribution in [0.15, 0.2) is 24.3 Å². The first-order chi connectivity index (χ1) is 13.0. The summed E-state index contributed by atoms with van der Waals surface area (Å²) in [6.45, 7) is 10.2. The first-order valence-electron chi connectivity index (χ1n) is 10.4. The van der Waals surface area contributed by atoms with Gasteiger partial charge in [-0.1, -0.05) is 25.5 Å². The van der Waals surface area contributed by atoms with Crippen LogP contribution in [0.4, 0.5) is 0 Å². The number of piperidine rings is 1. The Bertz CT molecular complexity index is 767. The molecule has 0 aliphatic carbocycles. The molecule has 5 nitrogen and oxygen atoms in total. The maximum absolute atomic E-state index is 12.8. The molecule has 1 saturated heterocycles. The van der Waals surface area contributed by atoms with E-state index in [0.717, 1.165) is 63.2 Å². The van der Waals surface area contributed by atoms with Crippen LogP contribution in [0.5, 0.6) is 0 Å². The Kier molecular flexibility index (Phi) is 6.53. The normalized spacial score (nSPS) is 18.3. The van der Waals surface area contributed by atoms with Crippen molar-refractivity contribution < 1.29 is 4.79 Å². The van der Waals surface area contributed by atoms with Crippen LogP contribution in [0.25, 0.3) is 11.0 Å². The lowest BCUT2D eigenvalue weighted by molar-refractivity contribution is -0.136. The minimum absolute atomic E-state index is 0.123. The molecule has 2 heterocycles. The minimum Gasteiger partial charge on any atom is -0.345 e. The molecular weight excluding hydrogens is 336 g/mol. The number of aromatic nitrogens is 2. The Labute approximate surface area is 163 Å². The molecule has 1 atom stereocenters. The van der Waals surface area contributed by atoms with Gasteiger partial charge in [0.2, 0.25) is 5.91 Å². The molecule has 1 amide bonds. The maximum atomic E-state index is 12.8. The molecule has 3 rings (SSSR count). The molecule has 0 bridgehead atoms. The Morgan fingerprint density at radius 1 is 1.33 bits per heavy atom. The topological polar surface area (TPSA) is 41.4 Å². The summed E-state index contributed by atoms with van der Waals surface area (Å²) in [7, 11) is 1.95. The van der Waals surface area contributed by atoms with Crippen molar-refractivity contribution >= 4 is 16.9 Å². The van der Waals surface area contributed by atoms with Crippen LogP contribution >= 0.6 is 0 Å². The average molecular weight is 371 g/mol. The molecule has 148 valence electrons. The highest BCUT2D eigenvalue weighted by Crippen LogP contribution is 2.25. The standard InChI is InChI=1S/C22H34N4O/c1-5-6-13-24(4)22(27)18-10-9-14-25(15-18)16-21-23-19-11-7-8-12-20(19)26(21)17(2)3/h7-8,11-12,17-18H,5-6,9-10,13-16H2,1-4H3/t18-/m0/s1. The molecule has 0 radical (unpaired) electrons. The van der Waals surface area contributed by atoms with E-state index in [4.69, 9.17) is 4.98 Å². The summed E-state index contributed by atoms with van der Waals surface area (Å²) < 4.78 is 2.34. The van der Waals surface area contributed by atoms with Crippen molar-refractivity contribution in [2.24, 2.45) is 5.92 Å². The lowest BCUT2D eigenvalue weighted by Crippen LogP contribution is -2.43. The quantitative estimate of drug-likeness (QED) is 0.737. The third kappa shape index (κ3) is 4.52. The zero-order valence-electron chi connectivity index (χ0n) is 17.3. The van der Waals surface area contributed by atoms with E-state index in [9.17, 15) is 4.79 Å². The molecule has 2 aromatic rings. The van der Waals surface area contributed by atoms with Crippen molar-refractivity contribution in [2.75, 3.05) is 26.7 Å². The summed E-state index contributed by atoms with van der Waals surface area (Å²) >= 11 is 0. The second-order valence-corrected chi connectivity index (χ2v) is 8.17. The van der Waals surface area contributed by atoms with Crippen LogP contribution in [0.1, 0.15) is 58.3 Å². The van der Waals surface area contributed by atoms with Gasteiger partial charge in [0.15, 0.2) is 0 Å². The van der Waals surface area contributed by atoms with Crippen LogP contribution in [0.3, 0.4) is 0 Å². The summed E-state index contributed by atoms with van der Waals surface area (Å²) in [4.78, 5) is 22.0. The van der Waals surface area contributed by atoms with Gasteiger partial charge in [-0.3, -0.25) is 9.69 Å². The molecule has 0 spiro atoms. The molecule has 1 aromatic heterocycles. The van der Waals surface area contributed by atoms with Gasteiger partial charge in [0.1, 0.15) is 5.82 Å². The summed E-state index contributed by atoms with van der Waals surface area (Å²) in [5, 5.41) is 0. The summed E-state index contributed by atoms with van der Waals surface area (Å²) in [6, 6.07) is 8.73. The van der Waals surface area contributed by atoms with E-state index in [2.05, 4.69) is 48.4 Å². The van der Waals surface area contributed by atoms with Crippen LogP contribution in [-0.2, 0) is 11.3 Å². The largest absolute Gasteiger partial charge is 0.345 e. The summed E-state index contributed by atoms with van der Waals surface area (Å²) in [5.74, 6) is 1.54. The number of carbonyl (C=O) groups excluding carboxylic acids is 1. The van der Waals surface area contributed by atoms with Crippen molar-refractivity contribution in [3.05, 3.63) is 30.1 Å². The van der Waals surface area contributed by atoms with Crippen molar-refractivity contribution in [1.29, 1.82) is 0 Å². The van der Waals surface area contributed by atoms with Gasteiger partial charge >= 0.3 is 0 Å². The van der Waals surface area contributed by atoms with Gasteiger partial charge in [0, 0.05) is 26.2 Å². The number of imidazole rings is 1. The summed E-state index contributed by atoms with van der Waals surface area (Å²) in [5.41, 5.74) is 2.26. The molecule has 5 heteroatoms. The predicted molar refractivity (Wildman–Crippen MR) is 111 cm³/mol. The highest BCUT2D eigenvalue weighted by Gasteiger charge is 2.28. The van der Waals surface area contributed by atoms with Crippen molar-refractivity contribution in [3.8, 4) is 0 Å². The van der Waals surface area contributed by atoms with E-state index < -0.39 is 0 Å². The second kappa shape index (κ2) is 8.87. The van der Waals surface area contributed by atoms with Crippen LogP contribution in [0, 0.1) is 5.92 Å². The highest BCUT2D eigenvalue weighted by molar-refractivity contribution is 5.79. The lowest BCUT2D eigenvalue weighted by atomic mass is 9.96. The number of rotatable bonds is 7. The van der Waals surface area contributed by atoms with Crippen molar-refractivity contribution in [1.82, 2.24) is 19.4 Å². The number of fused-ring (bicyclic) bond motifs is 1. The first-order valence-corrected chi connectivity index (χ1v) is 10.4. The van der Waals surface area contributed by atoms with Gasteiger partial charge in [-0.15, -0.1) is 0 Å². The van der Waals surface area contributed by atoms with Crippen LogP contribution < -0.4 is 0 Å². The van der Waals surface area contributed by atoms with Gasteiger partial charge in [-0.2, -0.15) is 0 Å². The number of hydrogen-bond donors (Lipinski definition) is 0. The van der Waals surface area contributed by atoms with Crippen LogP contribution in [-0.4, -0.2) is 51.9 Å². The monoisotopic (exact) mass is 370 g/mol. The SMILES string of the molecule is CCCCN(C)C(=O)[C@H]1CCCN(Cc2nc3ccccc3n2C(C)C)C1. The van der Waals surface area contributed by atoms with Gasteiger partial charge in [0.05, 0.1) is 23.5 Å². The minimum atomic E-state index is 0.123. The fourth-order valence-electron chi connectivity index (χ4n) is 4.20. The van der Waals surface area contributed by atoms with E-state index >= 15 is 0 Å². The van der Waals surface area contributed by atoms with Gasteiger partial charge in [-0.25, -0.2) is 4.98 Å². The van der Waals surface area contributed by atoms with E-state index in [0.29, 0.717) is 11.9 Å². The van der Waals surface area contributed by atoms with E-state index in [-0.39, 0.29) is 5.92 Å². The van der Waals surface area contributed by atoms with Gasteiger partial charge in [-0.05, 0) is 51.8 Å². The smallest absolute Gasteiger partial charge is 0.226 e. The fourth-order valence-corrected chi connectivity index (χ4v) is 4.20. The maximum Gasteiger partial charge on any atom is 0.226 e. The number of carbonyl (C=O) groups is 1. The molecule has 0 unspecified atom stereocenters. The van der Waals surface area contributed by atoms with Gasteiger partial charge < -0.3 is 9.47 Å². The molecule has 1 aromatic carbocycles. The number of amides is 1. The average Bonchev–Trinajstić information content (AvgIpc) is 3.03. The molecular formula is C22H34N4O. The van der Waals surface area contributed by atoms with Crippen molar-refractivity contribution in [2.45, 2.75) is 59.0 Å². The third-order valence-electron chi connectivity index (χ3n) is 5.63. The van der Waals surface area contributed by atoms with E-state index in [1.807, 2.05) is 18.0 Å². The number of likely N-dealkylation sites (tertiary alicyclic amines) is 1. The Balaban J connectivity index is 1.72. The highest BCUT2D eigenvalue weighted by atomic mass is 16.2. The van der Waals surface area contributed by atoms with Crippen molar-refractivity contribution in [3.63, 3.8) is 0 Å². The van der Waals surface area contributed by atoms with Gasteiger partial charge in [0.25, 0.3) is 0 Å². The number of hydrogen-bond acceptors (Lipinski definition) is 3. The predicted octanol–water partition coefficient (Wildman–Crippen LogP) is 4.09. The zero-order chi connectivity index (χ0) is 19.4. The van der Waals surface area contributed by atoms with Crippen LogP contribution in [0.2, 0.25) is 0 Å². The molecule has 27 heavy (non-hydrogen) atoms. The molecule has 1 aliphatic rings. The Morgan fingerprint density at radius 2 is 2.11 bits per heavy atom. The molecule has 1 aliphatic heterocycles. The zero-order valence-corrected chi connectivity index (χ0v) is 17.3. The molecule has 0 N–H and O–H groups in total.